The van der Waals surface area contributed by atoms with Crippen LogP contribution in [0, 0.1) is 25.7 Å². The summed E-state index contributed by atoms with van der Waals surface area (Å²) in [4.78, 5) is 16.5. The highest BCUT2D eigenvalue weighted by Crippen LogP contribution is 2.15. The molecule has 1 amide bonds. The molecule has 106 valence electrons. The van der Waals surface area contributed by atoms with Crippen molar-refractivity contribution in [1.82, 2.24) is 4.98 Å². The van der Waals surface area contributed by atoms with Gasteiger partial charge in [0.15, 0.2) is 0 Å². The minimum Gasteiger partial charge on any atom is -0.321 e. The number of nitrogens with one attached hydrogen (secondary N) is 1. The Hall–Kier alpha value is -2.64. The van der Waals surface area contributed by atoms with E-state index >= 15 is 0 Å². The van der Waals surface area contributed by atoms with Gasteiger partial charge in [-0.1, -0.05) is 17.9 Å². The fraction of sp³-hybridized carbons (Fsp3) is 0.176. The van der Waals surface area contributed by atoms with E-state index in [-0.39, 0.29) is 12.5 Å². The van der Waals surface area contributed by atoms with Crippen molar-refractivity contribution in [3.05, 3.63) is 58.9 Å². The van der Waals surface area contributed by atoms with Crippen molar-refractivity contribution < 1.29 is 4.79 Å². The van der Waals surface area contributed by atoms with Gasteiger partial charge in [0.05, 0.1) is 12.1 Å². The first-order valence-electron chi connectivity index (χ1n) is 6.64. The number of benzene rings is 1. The van der Waals surface area contributed by atoms with Crippen LogP contribution in [0.4, 0.5) is 5.69 Å². The van der Waals surface area contributed by atoms with E-state index in [4.69, 9.17) is 5.73 Å². The Labute approximate surface area is 124 Å². The van der Waals surface area contributed by atoms with Crippen LogP contribution in [0.25, 0.3) is 0 Å². The quantitative estimate of drug-likeness (QED) is 0.829. The molecule has 4 heteroatoms. The Bertz CT molecular complexity index is 706. The number of aromatic nitrogens is 1. The summed E-state index contributed by atoms with van der Waals surface area (Å²) in [5.74, 6) is 5.33. The molecule has 1 aromatic heterocycles. The maximum Gasteiger partial charge on any atom is 0.275 e. The van der Waals surface area contributed by atoms with Gasteiger partial charge in [0, 0.05) is 11.9 Å². The molecule has 0 aliphatic carbocycles. The predicted octanol–water partition coefficient (Wildman–Crippen LogP) is 2.26. The summed E-state index contributed by atoms with van der Waals surface area (Å²) in [5, 5.41) is 2.86. The zero-order valence-electron chi connectivity index (χ0n) is 12.1. The number of aryl methyl sites for hydroxylation is 2. The van der Waals surface area contributed by atoms with E-state index in [2.05, 4.69) is 28.2 Å². The Kier molecular flexibility index (Phi) is 4.70. The van der Waals surface area contributed by atoms with Gasteiger partial charge in [-0.15, -0.1) is 0 Å². The molecular formula is C17H17N3O. The Balaban J connectivity index is 2.28. The third-order valence-corrected chi connectivity index (χ3v) is 2.83. The predicted molar refractivity (Wildman–Crippen MR) is 84.0 cm³/mol. The van der Waals surface area contributed by atoms with Gasteiger partial charge in [-0.2, -0.15) is 0 Å². The van der Waals surface area contributed by atoms with Crippen molar-refractivity contribution in [2.45, 2.75) is 13.8 Å². The fourth-order valence-corrected chi connectivity index (χ4v) is 2.07. The number of amides is 1. The number of carbonyl (C=O) groups excluding carboxylic acids is 1. The lowest BCUT2D eigenvalue weighted by atomic mass is 10.1. The number of nitrogens with zero attached hydrogens (tertiary/aromatic N) is 1. The van der Waals surface area contributed by atoms with Gasteiger partial charge in [-0.3, -0.25) is 4.79 Å². The van der Waals surface area contributed by atoms with Gasteiger partial charge in [0.2, 0.25) is 0 Å². The van der Waals surface area contributed by atoms with E-state index in [0.29, 0.717) is 11.3 Å². The lowest BCUT2D eigenvalue weighted by Gasteiger charge is -2.08. The Morgan fingerprint density at radius 3 is 2.67 bits per heavy atom. The molecule has 0 aliphatic heterocycles. The van der Waals surface area contributed by atoms with Gasteiger partial charge in [-0.05, 0) is 49.2 Å². The van der Waals surface area contributed by atoms with Crippen molar-refractivity contribution in [1.29, 1.82) is 0 Å². The maximum absolute atomic E-state index is 12.3. The number of rotatable bonds is 2. The topological polar surface area (TPSA) is 68.0 Å². The van der Waals surface area contributed by atoms with E-state index < -0.39 is 0 Å². The van der Waals surface area contributed by atoms with Gasteiger partial charge in [0.25, 0.3) is 5.91 Å². The highest BCUT2D eigenvalue weighted by Gasteiger charge is 2.12. The molecule has 0 fully saturated rings. The van der Waals surface area contributed by atoms with E-state index in [0.717, 1.165) is 16.8 Å². The number of pyridine rings is 1. The molecule has 0 unspecified atom stereocenters. The van der Waals surface area contributed by atoms with Crippen LogP contribution >= 0.6 is 0 Å². The minimum atomic E-state index is -0.276. The Morgan fingerprint density at radius 2 is 2.00 bits per heavy atom. The summed E-state index contributed by atoms with van der Waals surface area (Å²) in [6.07, 6.45) is 1.57. The first-order valence-corrected chi connectivity index (χ1v) is 6.64. The fourth-order valence-electron chi connectivity index (χ4n) is 2.07. The molecule has 21 heavy (non-hydrogen) atoms. The molecule has 0 saturated carbocycles. The van der Waals surface area contributed by atoms with Gasteiger partial charge in [0.1, 0.15) is 5.69 Å². The standard InChI is InChI=1S/C17H17N3O/c1-12-9-13(2)11-15(10-12)20-17(21)16-14(5-3-7-18)6-4-8-19-16/h4,6,8-11H,7,18H2,1-2H3,(H,20,21). The molecule has 0 saturated heterocycles. The molecule has 0 atom stereocenters. The van der Waals surface area contributed by atoms with E-state index in [1.165, 1.54) is 0 Å². The van der Waals surface area contributed by atoms with Crippen LogP contribution in [0.2, 0.25) is 0 Å². The summed E-state index contributed by atoms with van der Waals surface area (Å²) in [6.45, 7) is 4.22. The first-order chi connectivity index (χ1) is 10.1. The summed E-state index contributed by atoms with van der Waals surface area (Å²) in [7, 11) is 0. The van der Waals surface area contributed by atoms with Gasteiger partial charge in [-0.25, -0.2) is 4.98 Å². The minimum absolute atomic E-state index is 0.243. The number of nitrogens with two attached hydrogens (primary N) is 1. The zero-order chi connectivity index (χ0) is 15.2. The molecule has 0 radical (unpaired) electrons. The van der Waals surface area contributed by atoms with Gasteiger partial charge < -0.3 is 11.1 Å². The van der Waals surface area contributed by atoms with E-state index in [1.54, 1.807) is 18.3 Å². The molecule has 3 N–H and O–H groups in total. The van der Waals surface area contributed by atoms with Crippen molar-refractivity contribution >= 4 is 11.6 Å². The van der Waals surface area contributed by atoms with Crippen molar-refractivity contribution in [3.63, 3.8) is 0 Å². The van der Waals surface area contributed by atoms with Crippen LogP contribution in [0.1, 0.15) is 27.2 Å². The smallest absolute Gasteiger partial charge is 0.275 e. The summed E-state index contributed by atoms with van der Waals surface area (Å²) in [5.41, 5.74) is 9.18. The average Bonchev–Trinajstić information content (AvgIpc) is 2.44. The normalized spacial score (nSPS) is 9.67. The number of carbonyl (C=O) groups is 1. The number of anilines is 1. The molecule has 1 aromatic carbocycles. The second kappa shape index (κ2) is 6.69. The molecule has 4 nitrogen and oxygen atoms in total. The lowest BCUT2D eigenvalue weighted by Crippen LogP contribution is -2.15. The SMILES string of the molecule is Cc1cc(C)cc(NC(=O)c2ncccc2C#CCN)c1. The second-order valence-corrected chi connectivity index (χ2v) is 4.74. The van der Waals surface area contributed by atoms with E-state index in [1.807, 2.05) is 26.0 Å². The van der Waals surface area contributed by atoms with Crippen LogP contribution in [-0.4, -0.2) is 17.4 Å². The number of hydrogen-bond acceptors (Lipinski definition) is 3. The molecule has 0 bridgehead atoms. The average molecular weight is 279 g/mol. The first kappa shape index (κ1) is 14.8. The van der Waals surface area contributed by atoms with E-state index in [9.17, 15) is 4.79 Å². The monoisotopic (exact) mass is 279 g/mol. The molecule has 2 aromatic rings. The largest absolute Gasteiger partial charge is 0.321 e. The van der Waals surface area contributed by atoms with Crippen molar-refractivity contribution in [2.75, 3.05) is 11.9 Å². The third-order valence-electron chi connectivity index (χ3n) is 2.83. The van der Waals surface area contributed by atoms with Crippen LogP contribution < -0.4 is 11.1 Å². The summed E-state index contributed by atoms with van der Waals surface area (Å²) < 4.78 is 0. The van der Waals surface area contributed by atoms with Gasteiger partial charge >= 0.3 is 0 Å². The van der Waals surface area contributed by atoms with Crippen molar-refractivity contribution in [2.24, 2.45) is 5.73 Å². The van der Waals surface area contributed by atoms with Crippen LogP contribution in [0.3, 0.4) is 0 Å². The molecule has 0 spiro atoms. The van der Waals surface area contributed by atoms with Crippen LogP contribution in [0.15, 0.2) is 36.5 Å². The molecular weight excluding hydrogens is 262 g/mol. The molecule has 1 heterocycles. The highest BCUT2D eigenvalue weighted by molar-refractivity contribution is 6.04. The lowest BCUT2D eigenvalue weighted by molar-refractivity contribution is 0.102. The molecule has 0 aliphatic rings. The highest BCUT2D eigenvalue weighted by atomic mass is 16.1. The third kappa shape index (κ3) is 3.91. The summed E-state index contributed by atoms with van der Waals surface area (Å²) >= 11 is 0. The Morgan fingerprint density at radius 1 is 1.29 bits per heavy atom. The summed E-state index contributed by atoms with van der Waals surface area (Å²) in [6, 6.07) is 9.38. The number of hydrogen-bond donors (Lipinski definition) is 2. The van der Waals surface area contributed by atoms with Crippen molar-refractivity contribution in [3.8, 4) is 11.8 Å². The maximum atomic E-state index is 12.3. The van der Waals surface area contributed by atoms with Crippen LogP contribution in [-0.2, 0) is 0 Å². The zero-order valence-corrected chi connectivity index (χ0v) is 12.1. The second-order valence-electron chi connectivity index (χ2n) is 4.74. The van der Waals surface area contributed by atoms with Crippen LogP contribution in [0.5, 0.6) is 0 Å². The molecule has 2 rings (SSSR count).